The Bertz CT molecular complexity index is 285. The van der Waals surface area contributed by atoms with E-state index in [1.54, 1.807) is 12.1 Å². The number of hydrogen-bond donors (Lipinski definition) is 2. The summed E-state index contributed by atoms with van der Waals surface area (Å²) in [6.07, 6.45) is 0. The molecule has 0 fully saturated rings. The maximum atomic E-state index is 10.7. The van der Waals surface area contributed by atoms with Crippen LogP contribution < -0.4 is 0 Å². The van der Waals surface area contributed by atoms with Crippen molar-refractivity contribution in [2.75, 3.05) is 5.75 Å². The Kier molecular flexibility index (Phi) is 3.43. The Balaban J connectivity index is 2.87. The summed E-state index contributed by atoms with van der Waals surface area (Å²) < 4.78 is 0.609. The van der Waals surface area contributed by atoms with Crippen LogP contribution in [-0.4, -0.2) is 16.8 Å². The third-order valence-electron chi connectivity index (χ3n) is 1.42. The van der Waals surface area contributed by atoms with Gasteiger partial charge in [-0.3, -0.25) is 4.79 Å². The van der Waals surface area contributed by atoms with Crippen LogP contribution in [0.25, 0.3) is 0 Å². The average Bonchev–Trinajstić information content (AvgIpc) is 2.37. The molecule has 1 unspecified atom stereocenters. The van der Waals surface area contributed by atoms with Gasteiger partial charge in [0, 0.05) is 10.6 Å². The van der Waals surface area contributed by atoms with E-state index in [1.165, 1.54) is 11.3 Å². The standard InChI is InChI=1S/C7H7ClO2S2/c8-6-2-1-5(12-6)4(3-11)7(9)10/h1-2,4,11H,3H2,(H,9,10). The zero-order valence-electron chi connectivity index (χ0n) is 6.03. The van der Waals surface area contributed by atoms with Crippen molar-refractivity contribution in [1.82, 2.24) is 0 Å². The number of carboxylic acid groups (broad SMARTS) is 1. The molecule has 1 rings (SSSR count). The zero-order valence-corrected chi connectivity index (χ0v) is 8.49. The second-order valence-corrected chi connectivity index (χ2v) is 4.33. The zero-order chi connectivity index (χ0) is 9.14. The molecular weight excluding hydrogens is 216 g/mol. The molecule has 0 radical (unpaired) electrons. The number of rotatable bonds is 3. The van der Waals surface area contributed by atoms with Gasteiger partial charge in [0.15, 0.2) is 0 Å². The third-order valence-corrected chi connectivity index (χ3v) is 3.13. The molecule has 2 nitrogen and oxygen atoms in total. The number of carboxylic acids is 1. The number of hydrogen-bond acceptors (Lipinski definition) is 3. The van der Waals surface area contributed by atoms with Gasteiger partial charge in [0.1, 0.15) is 0 Å². The maximum absolute atomic E-state index is 10.7. The lowest BCUT2D eigenvalue weighted by Gasteiger charge is -2.04. The Labute approximate surface area is 84.6 Å². The van der Waals surface area contributed by atoms with Gasteiger partial charge in [-0.05, 0) is 12.1 Å². The van der Waals surface area contributed by atoms with Crippen LogP contribution in [0.15, 0.2) is 12.1 Å². The largest absolute Gasteiger partial charge is 0.481 e. The van der Waals surface area contributed by atoms with Gasteiger partial charge in [-0.1, -0.05) is 11.6 Å². The van der Waals surface area contributed by atoms with E-state index in [1.807, 2.05) is 0 Å². The Morgan fingerprint density at radius 2 is 2.42 bits per heavy atom. The van der Waals surface area contributed by atoms with E-state index in [2.05, 4.69) is 12.6 Å². The van der Waals surface area contributed by atoms with Gasteiger partial charge in [-0.2, -0.15) is 12.6 Å². The molecule has 0 aromatic carbocycles. The topological polar surface area (TPSA) is 37.3 Å². The number of aliphatic carboxylic acids is 1. The molecule has 0 spiro atoms. The molecule has 0 aliphatic heterocycles. The van der Waals surface area contributed by atoms with E-state index in [0.29, 0.717) is 10.1 Å². The summed E-state index contributed by atoms with van der Waals surface area (Å²) in [5.74, 6) is -1.10. The molecule has 1 aromatic heterocycles. The highest BCUT2D eigenvalue weighted by Gasteiger charge is 2.19. The van der Waals surface area contributed by atoms with E-state index in [4.69, 9.17) is 16.7 Å². The minimum absolute atomic E-state index is 0.298. The van der Waals surface area contributed by atoms with E-state index >= 15 is 0 Å². The normalized spacial score (nSPS) is 12.8. The van der Waals surface area contributed by atoms with Crippen LogP contribution in [-0.2, 0) is 4.79 Å². The van der Waals surface area contributed by atoms with E-state index < -0.39 is 11.9 Å². The predicted molar refractivity (Wildman–Crippen MR) is 53.6 cm³/mol. The number of carbonyl (C=O) groups is 1. The van der Waals surface area contributed by atoms with Crippen LogP contribution in [0, 0.1) is 0 Å². The highest BCUT2D eigenvalue weighted by molar-refractivity contribution is 7.80. The third kappa shape index (κ3) is 2.15. The molecular formula is C7H7ClO2S2. The second-order valence-electron chi connectivity index (χ2n) is 2.22. The SMILES string of the molecule is O=C(O)C(CS)c1ccc(Cl)s1. The first-order chi connectivity index (χ1) is 5.65. The molecule has 66 valence electrons. The van der Waals surface area contributed by atoms with Gasteiger partial charge in [-0.15, -0.1) is 11.3 Å². The summed E-state index contributed by atoms with van der Waals surface area (Å²) in [4.78, 5) is 11.4. The summed E-state index contributed by atoms with van der Waals surface area (Å²) in [6, 6.07) is 3.42. The summed E-state index contributed by atoms with van der Waals surface area (Å²) in [6.45, 7) is 0. The van der Waals surface area contributed by atoms with Crippen molar-refractivity contribution in [1.29, 1.82) is 0 Å². The lowest BCUT2D eigenvalue weighted by Crippen LogP contribution is -2.11. The fraction of sp³-hybridized carbons (Fsp3) is 0.286. The van der Waals surface area contributed by atoms with Gasteiger partial charge in [0.25, 0.3) is 0 Å². The van der Waals surface area contributed by atoms with Crippen molar-refractivity contribution >= 4 is 41.5 Å². The number of halogens is 1. The van der Waals surface area contributed by atoms with Gasteiger partial charge >= 0.3 is 5.97 Å². The molecule has 1 atom stereocenters. The summed E-state index contributed by atoms with van der Waals surface area (Å²) in [5, 5.41) is 8.75. The van der Waals surface area contributed by atoms with Crippen LogP contribution in [0.4, 0.5) is 0 Å². The van der Waals surface area contributed by atoms with Gasteiger partial charge in [0.05, 0.1) is 10.3 Å². The lowest BCUT2D eigenvalue weighted by atomic mass is 10.1. The monoisotopic (exact) mass is 222 g/mol. The summed E-state index contributed by atoms with van der Waals surface area (Å²) in [7, 11) is 0. The molecule has 0 saturated carbocycles. The number of thiol groups is 1. The molecule has 1 heterocycles. The highest BCUT2D eigenvalue weighted by Crippen LogP contribution is 2.28. The molecule has 5 heteroatoms. The van der Waals surface area contributed by atoms with E-state index in [9.17, 15) is 4.79 Å². The van der Waals surface area contributed by atoms with Gasteiger partial charge < -0.3 is 5.11 Å². The molecule has 1 N–H and O–H groups in total. The lowest BCUT2D eigenvalue weighted by molar-refractivity contribution is -0.138. The highest BCUT2D eigenvalue weighted by atomic mass is 35.5. The molecule has 0 amide bonds. The fourth-order valence-corrected chi connectivity index (χ4v) is 2.44. The number of thiophene rings is 1. The molecule has 1 aromatic rings. The van der Waals surface area contributed by atoms with Gasteiger partial charge in [-0.25, -0.2) is 0 Å². The summed E-state index contributed by atoms with van der Waals surface area (Å²) >= 11 is 10.9. The van der Waals surface area contributed by atoms with Crippen LogP contribution >= 0.6 is 35.6 Å². The van der Waals surface area contributed by atoms with Crippen molar-refractivity contribution in [3.05, 3.63) is 21.3 Å². The molecule has 0 aliphatic carbocycles. The minimum atomic E-state index is -0.858. The Morgan fingerprint density at radius 1 is 1.75 bits per heavy atom. The van der Waals surface area contributed by atoms with Crippen LogP contribution in [0.1, 0.15) is 10.8 Å². The first kappa shape index (κ1) is 9.89. The van der Waals surface area contributed by atoms with Crippen molar-refractivity contribution in [3.8, 4) is 0 Å². The first-order valence-electron chi connectivity index (χ1n) is 3.24. The average molecular weight is 223 g/mol. The van der Waals surface area contributed by atoms with Gasteiger partial charge in [0.2, 0.25) is 0 Å². The maximum Gasteiger partial charge on any atom is 0.312 e. The van der Waals surface area contributed by atoms with E-state index in [-0.39, 0.29) is 0 Å². The second kappa shape index (κ2) is 4.16. The van der Waals surface area contributed by atoms with Crippen molar-refractivity contribution in [3.63, 3.8) is 0 Å². The summed E-state index contributed by atoms with van der Waals surface area (Å²) in [5.41, 5.74) is 0. The van der Waals surface area contributed by atoms with Crippen molar-refractivity contribution in [2.24, 2.45) is 0 Å². The predicted octanol–water partition coefficient (Wildman–Crippen LogP) is 2.50. The Hall–Kier alpha value is -0.190. The minimum Gasteiger partial charge on any atom is -0.481 e. The van der Waals surface area contributed by atoms with Crippen molar-refractivity contribution in [2.45, 2.75) is 5.92 Å². The van der Waals surface area contributed by atoms with Crippen LogP contribution in [0.3, 0.4) is 0 Å². The quantitative estimate of drug-likeness (QED) is 0.772. The fourth-order valence-electron chi connectivity index (χ4n) is 0.805. The first-order valence-corrected chi connectivity index (χ1v) is 5.06. The van der Waals surface area contributed by atoms with Crippen LogP contribution in [0.2, 0.25) is 4.34 Å². The molecule has 12 heavy (non-hydrogen) atoms. The Morgan fingerprint density at radius 3 is 2.75 bits per heavy atom. The van der Waals surface area contributed by atoms with Crippen LogP contribution in [0.5, 0.6) is 0 Å². The molecule has 0 saturated heterocycles. The smallest absolute Gasteiger partial charge is 0.312 e. The van der Waals surface area contributed by atoms with Crippen molar-refractivity contribution < 1.29 is 9.90 Å². The molecule has 0 aliphatic rings. The molecule has 0 bridgehead atoms. The van der Waals surface area contributed by atoms with E-state index in [0.717, 1.165) is 4.88 Å².